The fourth-order valence-corrected chi connectivity index (χ4v) is 10.6. The van der Waals surface area contributed by atoms with Gasteiger partial charge in [-0.15, -0.1) is 11.3 Å². The van der Waals surface area contributed by atoms with Crippen LogP contribution in [-0.4, -0.2) is 95.4 Å². The van der Waals surface area contributed by atoms with E-state index in [0.29, 0.717) is 90.1 Å². The van der Waals surface area contributed by atoms with Crippen molar-refractivity contribution in [3.8, 4) is 5.88 Å². The molecule has 3 aliphatic carbocycles. The third kappa shape index (κ3) is 6.98. The van der Waals surface area contributed by atoms with E-state index in [4.69, 9.17) is 19.7 Å². The number of carbonyl (C=O) groups excluding carboxylic acids is 1. The Morgan fingerprint density at radius 1 is 0.912 bits per heavy atom. The van der Waals surface area contributed by atoms with E-state index in [1.165, 1.54) is 0 Å². The number of imidazole rings is 2. The van der Waals surface area contributed by atoms with Gasteiger partial charge in [-0.3, -0.25) is 4.79 Å². The van der Waals surface area contributed by atoms with Crippen LogP contribution in [0.5, 0.6) is 5.88 Å². The van der Waals surface area contributed by atoms with Crippen molar-refractivity contribution in [3.63, 3.8) is 0 Å². The molecule has 3 saturated carbocycles. The Morgan fingerprint density at radius 2 is 1.72 bits per heavy atom. The van der Waals surface area contributed by atoms with Crippen LogP contribution < -0.4 is 15.0 Å². The molecule has 298 valence electrons. The first-order chi connectivity index (χ1) is 27.7. The third-order valence-corrected chi connectivity index (χ3v) is 14.2. The maximum absolute atomic E-state index is 12.9. The summed E-state index contributed by atoms with van der Waals surface area (Å²) in [6.07, 6.45) is 12.5. The minimum atomic E-state index is -3.76. The molecule has 18 heteroatoms. The third-order valence-electron chi connectivity index (χ3n) is 12.3. The van der Waals surface area contributed by atoms with Crippen molar-refractivity contribution in [2.75, 3.05) is 36.2 Å². The Balaban J connectivity index is 0.868. The second kappa shape index (κ2) is 14.5. The molecule has 1 saturated heterocycles. The zero-order valence-electron chi connectivity index (χ0n) is 31.7. The smallest absolute Gasteiger partial charge is 0.250 e. The summed E-state index contributed by atoms with van der Waals surface area (Å²) in [7, 11) is -3.76. The number of aromatic nitrogens is 9. The highest BCUT2D eigenvalue weighted by molar-refractivity contribution is 7.90. The number of carbonyl (C=O) groups is 1. The lowest BCUT2D eigenvalue weighted by molar-refractivity contribution is -0.123. The predicted molar refractivity (Wildman–Crippen MR) is 214 cm³/mol. The van der Waals surface area contributed by atoms with Crippen LogP contribution in [0, 0.1) is 17.8 Å². The van der Waals surface area contributed by atoms with E-state index in [1.54, 1.807) is 24.0 Å². The van der Waals surface area contributed by atoms with E-state index in [0.717, 1.165) is 79.5 Å². The van der Waals surface area contributed by atoms with Crippen molar-refractivity contribution in [3.05, 3.63) is 41.9 Å². The maximum atomic E-state index is 12.9. The number of nitrogens with one attached hydrogen (secondary N) is 1. The quantitative estimate of drug-likeness (QED) is 0.160. The highest BCUT2D eigenvalue weighted by Crippen LogP contribution is 2.51. The molecule has 2 N–H and O–H groups in total. The Hall–Kier alpha value is -4.81. The summed E-state index contributed by atoms with van der Waals surface area (Å²) in [4.78, 5) is 47.9. The molecule has 16 nitrogen and oxygen atoms in total. The van der Waals surface area contributed by atoms with Gasteiger partial charge in [-0.2, -0.15) is 19.9 Å². The second-order valence-corrected chi connectivity index (χ2v) is 19.2. The minimum absolute atomic E-state index is 0.228. The van der Waals surface area contributed by atoms with Crippen molar-refractivity contribution in [1.29, 1.82) is 0 Å². The van der Waals surface area contributed by atoms with Crippen LogP contribution >= 0.6 is 11.3 Å². The minimum Gasteiger partial charge on any atom is -0.476 e. The van der Waals surface area contributed by atoms with E-state index < -0.39 is 15.9 Å². The van der Waals surface area contributed by atoms with Crippen LogP contribution in [0.25, 0.3) is 32.5 Å². The van der Waals surface area contributed by atoms with Crippen molar-refractivity contribution < 1.29 is 23.1 Å². The number of para-hydroxylation sites is 1. The molecule has 1 aliphatic heterocycles. The molecule has 4 aliphatic rings. The Morgan fingerprint density at radius 3 is 2.54 bits per heavy atom. The molecule has 10 rings (SSSR count). The number of hydrogen-bond acceptors (Lipinski definition) is 15. The normalized spacial score (nSPS) is 25.5. The van der Waals surface area contributed by atoms with Crippen LogP contribution in [0.15, 0.2) is 42.1 Å². The zero-order chi connectivity index (χ0) is 38.8. The van der Waals surface area contributed by atoms with Crippen LogP contribution in [0.2, 0.25) is 0 Å². The summed E-state index contributed by atoms with van der Waals surface area (Å²) in [6, 6.07) is 7.29. The first-order valence-corrected chi connectivity index (χ1v) is 22.7. The number of hydrogen-bond donors (Lipinski definition) is 2. The number of Topliss-reactive ketones (excluding diaryl/α,β-unsaturated/α-hetero) is 1. The molecule has 4 fully saturated rings. The van der Waals surface area contributed by atoms with Crippen LogP contribution in [-0.2, 0) is 21.2 Å². The Bertz CT molecular complexity index is 2570. The SMILES string of the molecule is CS(=O)(=O)c1nc(NCc2nc3ccccc3s2)c2ncn(C3CC(C4CC4COc4nc(N5CCCC5)nc5c4ncn5C4CCCCC4=O)CC[C@H]3O)c2n1. The van der Waals surface area contributed by atoms with E-state index in [1.807, 2.05) is 33.4 Å². The number of ether oxygens (including phenoxy) is 1. The van der Waals surface area contributed by atoms with Gasteiger partial charge in [0.15, 0.2) is 33.9 Å². The second-order valence-electron chi connectivity index (χ2n) is 16.1. The van der Waals surface area contributed by atoms with Crippen LogP contribution in [0.4, 0.5) is 11.8 Å². The molecule has 5 unspecified atom stereocenters. The van der Waals surface area contributed by atoms with Gasteiger partial charge in [0.2, 0.25) is 21.7 Å². The van der Waals surface area contributed by atoms with Gasteiger partial charge in [-0.25, -0.2) is 23.4 Å². The Labute approximate surface area is 333 Å². The number of aliphatic hydroxyl groups is 1. The molecule has 57 heavy (non-hydrogen) atoms. The molecule has 5 aromatic heterocycles. The topological polar surface area (TPSA) is 196 Å². The molecular formula is C39H45N11O5S2. The predicted octanol–water partition coefficient (Wildman–Crippen LogP) is 5.29. The van der Waals surface area contributed by atoms with Gasteiger partial charge >= 0.3 is 0 Å². The molecule has 0 radical (unpaired) electrons. The summed E-state index contributed by atoms with van der Waals surface area (Å²) < 4.78 is 37.0. The number of aliphatic hydroxyl groups excluding tert-OH is 1. The average Bonchev–Trinajstić information content (AvgIpc) is 3.71. The van der Waals surface area contributed by atoms with E-state index in [9.17, 15) is 18.3 Å². The fourth-order valence-electron chi connectivity index (χ4n) is 9.19. The molecule has 1 aromatic carbocycles. The molecule has 6 atom stereocenters. The van der Waals surface area contributed by atoms with Gasteiger partial charge in [-0.05, 0) is 81.3 Å². The lowest BCUT2D eigenvalue weighted by Gasteiger charge is -2.34. The van der Waals surface area contributed by atoms with Gasteiger partial charge in [0.25, 0.3) is 5.16 Å². The highest BCUT2D eigenvalue weighted by Gasteiger charge is 2.47. The van der Waals surface area contributed by atoms with Crippen molar-refractivity contribution in [1.82, 2.24) is 44.0 Å². The van der Waals surface area contributed by atoms with E-state index in [2.05, 4.69) is 30.2 Å². The monoisotopic (exact) mass is 811 g/mol. The lowest BCUT2D eigenvalue weighted by atomic mass is 9.80. The van der Waals surface area contributed by atoms with Gasteiger partial charge < -0.3 is 29.2 Å². The Kier molecular flexibility index (Phi) is 9.31. The number of sulfone groups is 1. The molecule has 6 heterocycles. The molecule has 6 aromatic rings. The zero-order valence-corrected chi connectivity index (χ0v) is 33.3. The van der Waals surface area contributed by atoms with E-state index in [-0.39, 0.29) is 23.0 Å². The molecule has 0 bridgehead atoms. The maximum Gasteiger partial charge on any atom is 0.250 e. The van der Waals surface area contributed by atoms with Gasteiger partial charge in [0.1, 0.15) is 5.01 Å². The van der Waals surface area contributed by atoms with E-state index >= 15 is 0 Å². The number of fused-ring (bicyclic) bond motifs is 3. The number of rotatable bonds is 11. The molecule has 0 spiro atoms. The highest BCUT2D eigenvalue weighted by atomic mass is 32.2. The first-order valence-electron chi connectivity index (χ1n) is 20.0. The molecular weight excluding hydrogens is 767 g/mol. The largest absolute Gasteiger partial charge is 0.476 e. The first kappa shape index (κ1) is 36.5. The summed E-state index contributed by atoms with van der Waals surface area (Å²) in [5, 5.41) is 15.2. The summed E-state index contributed by atoms with van der Waals surface area (Å²) in [6.45, 7) is 2.59. The molecule has 0 amide bonds. The van der Waals surface area contributed by atoms with Crippen LogP contribution in [0.3, 0.4) is 0 Å². The number of ketones is 1. The van der Waals surface area contributed by atoms with Crippen molar-refractivity contribution in [2.45, 2.75) is 94.1 Å². The number of anilines is 2. The lowest BCUT2D eigenvalue weighted by Crippen LogP contribution is -2.32. The van der Waals surface area contributed by atoms with Gasteiger partial charge in [0, 0.05) is 25.8 Å². The van der Waals surface area contributed by atoms with Gasteiger partial charge in [-0.1, -0.05) is 18.6 Å². The average molecular weight is 812 g/mol. The van der Waals surface area contributed by atoms with Gasteiger partial charge in [0.05, 0.1) is 54.2 Å². The number of nitrogens with zero attached hydrogens (tertiary/aromatic N) is 10. The van der Waals surface area contributed by atoms with Crippen LogP contribution in [0.1, 0.15) is 81.3 Å². The fraction of sp³-hybridized carbons (Fsp3) is 0.538. The van der Waals surface area contributed by atoms with Crippen molar-refractivity contribution in [2.24, 2.45) is 17.8 Å². The number of thiazole rings is 1. The van der Waals surface area contributed by atoms with Crippen molar-refractivity contribution >= 4 is 71.3 Å². The summed E-state index contributed by atoms with van der Waals surface area (Å²) in [5.74, 6) is 2.65. The number of benzene rings is 1. The standard InChI is InChI=1S/C39H45N11O5S2/c1-57(53,54)39-44-34(40-18-31-43-25-8-2-5-11-30(25)56-31)32-35(46-39)50(20-41-32)27-17-22(12-13-29(27)52)24-16-23(24)19-55-37-33-36(45-38(47-37)48-14-6-7-15-48)49(21-42-33)26-9-3-4-10-28(26)51/h2,5,8,11,20-24,26-27,29,52H,3-4,6-7,9-10,12-19H2,1H3,(H,40,44,46)/t22?,23?,24?,26?,27?,29-/m1/s1. The summed E-state index contributed by atoms with van der Waals surface area (Å²) >= 11 is 1.56. The summed E-state index contributed by atoms with van der Waals surface area (Å²) in [5.41, 5.74) is 2.95.